The highest BCUT2D eigenvalue weighted by Crippen LogP contribution is 2.21. The Morgan fingerprint density at radius 3 is 2.41 bits per heavy atom. The van der Waals surface area contributed by atoms with Crippen molar-refractivity contribution in [1.29, 1.82) is 0 Å². The zero-order valence-electron chi connectivity index (χ0n) is 12.4. The largest absolute Gasteiger partial charge is 0.477 e. The van der Waals surface area contributed by atoms with E-state index in [-0.39, 0.29) is 5.69 Å². The van der Waals surface area contributed by atoms with Crippen molar-refractivity contribution in [2.24, 2.45) is 0 Å². The zero-order chi connectivity index (χ0) is 15.5. The Kier molecular flexibility index (Phi) is 4.02. The number of carboxylic acid groups (broad SMARTS) is 1. The fraction of sp³-hybridized carbons (Fsp3) is 0.312. The number of benzene rings is 1. The van der Waals surface area contributed by atoms with Crippen molar-refractivity contribution in [1.82, 2.24) is 14.9 Å². The van der Waals surface area contributed by atoms with E-state index in [1.807, 2.05) is 30.3 Å². The fourth-order valence-electron chi connectivity index (χ4n) is 2.46. The molecule has 0 spiro atoms. The summed E-state index contributed by atoms with van der Waals surface area (Å²) >= 11 is 0. The highest BCUT2D eigenvalue weighted by Gasteiger charge is 2.19. The summed E-state index contributed by atoms with van der Waals surface area (Å²) in [5.74, 6) is 0.101. The number of piperazine rings is 1. The molecule has 22 heavy (non-hydrogen) atoms. The number of rotatable bonds is 3. The van der Waals surface area contributed by atoms with Crippen molar-refractivity contribution in [3.05, 3.63) is 42.1 Å². The van der Waals surface area contributed by atoms with Crippen LogP contribution in [0, 0.1) is 0 Å². The van der Waals surface area contributed by atoms with Crippen LogP contribution >= 0.6 is 0 Å². The summed E-state index contributed by atoms with van der Waals surface area (Å²) in [4.78, 5) is 24.4. The third-order valence-electron chi connectivity index (χ3n) is 3.79. The molecule has 6 nitrogen and oxygen atoms in total. The van der Waals surface area contributed by atoms with Crippen LogP contribution in [0.5, 0.6) is 0 Å². The monoisotopic (exact) mass is 298 g/mol. The van der Waals surface area contributed by atoms with Crippen LogP contribution < -0.4 is 4.90 Å². The Morgan fingerprint density at radius 1 is 1.09 bits per heavy atom. The summed E-state index contributed by atoms with van der Waals surface area (Å²) in [6.07, 6.45) is 0. The second kappa shape index (κ2) is 6.11. The first-order valence-corrected chi connectivity index (χ1v) is 7.25. The number of likely N-dealkylation sites (N-methyl/N-ethyl adjacent to an activating group) is 1. The van der Waals surface area contributed by atoms with Crippen LogP contribution in [0.4, 0.5) is 5.82 Å². The fourth-order valence-corrected chi connectivity index (χ4v) is 2.46. The number of carboxylic acids is 1. The van der Waals surface area contributed by atoms with Crippen molar-refractivity contribution in [2.75, 3.05) is 38.1 Å². The molecule has 6 heteroatoms. The molecule has 1 aromatic carbocycles. The summed E-state index contributed by atoms with van der Waals surface area (Å²) in [7, 11) is 2.08. The maximum atomic E-state index is 11.4. The third kappa shape index (κ3) is 3.07. The molecule has 1 aliphatic heterocycles. The minimum Gasteiger partial charge on any atom is -0.477 e. The average molecular weight is 298 g/mol. The lowest BCUT2D eigenvalue weighted by atomic mass is 10.2. The Hall–Kier alpha value is -2.47. The van der Waals surface area contributed by atoms with Gasteiger partial charge in [-0.2, -0.15) is 0 Å². The number of carbonyl (C=O) groups is 1. The zero-order valence-corrected chi connectivity index (χ0v) is 12.4. The lowest BCUT2D eigenvalue weighted by molar-refractivity contribution is 0.0690. The Bertz CT molecular complexity index is 667. The molecule has 1 aliphatic rings. The second-order valence-electron chi connectivity index (χ2n) is 5.40. The van der Waals surface area contributed by atoms with Crippen LogP contribution in [-0.4, -0.2) is 59.2 Å². The molecule has 1 N–H and O–H groups in total. The lowest BCUT2D eigenvalue weighted by Crippen LogP contribution is -2.45. The van der Waals surface area contributed by atoms with Crippen LogP contribution in [0.3, 0.4) is 0 Å². The maximum Gasteiger partial charge on any atom is 0.354 e. The number of hydrogen-bond acceptors (Lipinski definition) is 5. The van der Waals surface area contributed by atoms with Gasteiger partial charge < -0.3 is 14.9 Å². The SMILES string of the molecule is CN1CCN(c2cc(C(=O)O)nc(-c3ccccc3)n2)CC1. The van der Waals surface area contributed by atoms with E-state index in [9.17, 15) is 9.90 Å². The molecule has 2 heterocycles. The minimum absolute atomic E-state index is 0.0304. The van der Waals surface area contributed by atoms with Crippen LogP contribution in [0.25, 0.3) is 11.4 Å². The van der Waals surface area contributed by atoms with Crippen molar-refractivity contribution >= 4 is 11.8 Å². The lowest BCUT2D eigenvalue weighted by Gasteiger charge is -2.33. The van der Waals surface area contributed by atoms with Crippen LogP contribution in [0.1, 0.15) is 10.5 Å². The first-order valence-electron chi connectivity index (χ1n) is 7.25. The molecular formula is C16H18N4O2. The van der Waals surface area contributed by atoms with E-state index in [1.54, 1.807) is 6.07 Å². The van der Waals surface area contributed by atoms with Crippen molar-refractivity contribution < 1.29 is 9.90 Å². The van der Waals surface area contributed by atoms with Crippen LogP contribution in [0.15, 0.2) is 36.4 Å². The van der Waals surface area contributed by atoms with Gasteiger partial charge in [-0.1, -0.05) is 30.3 Å². The van der Waals surface area contributed by atoms with Gasteiger partial charge in [-0.15, -0.1) is 0 Å². The van der Waals surface area contributed by atoms with Crippen molar-refractivity contribution in [3.8, 4) is 11.4 Å². The Morgan fingerprint density at radius 2 is 1.77 bits per heavy atom. The maximum absolute atomic E-state index is 11.4. The second-order valence-corrected chi connectivity index (χ2v) is 5.40. The van der Waals surface area contributed by atoms with E-state index in [0.29, 0.717) is 11.6 Å². The van der Waals surface area contributed by atoms with E-state index in [0.717, 1.165) is 31.7 Å². The molecule has 0 radical (unpaired) electrons. The number of nitrogens with zero attached hydrogens (tertiary/aromatic N) is 4. The van der Waals surface area contributed by atoms with Gasteiger partial charge in [-0.05, 0) is 7.05 Å². The van der Waals surface area contributed by atoms with Gasteiger partial charge in [0.25, 0.3) is 0 Å². The van der Waals surface area contributed by atoms with Gasteiger partial charge in [0.15, 0.2) is 11.5 Å². The number of anilines is 1. The Labute approximate surface area is 129 Å². The summed E-state index contributed by atoms with van der Waals surface area (Å²) in [5, 5.41) is 9.30. The quantitative estimate of drug-likeness (QED) is 0.928. The van der Waals surface area contributed by atoms with E-state index in [1.165, 1.54) is 0 Å². The molecule has 0 unspecified atom stereocenters. The highest BCUT2D eigenvalue weighted by molar-refractivity contribution is 5.87. The van der Waals surface area contributed by atoms with Crippen molar-refractivity contribution in [2.45, 2.75) is 0 Å². The Balaban J connectivity index is 1.99. The number of aromatic carboxylic acids is 1. The normalized spacial score (nSPS) is 15.8. The van der Waals surface area contributed by atoms with E-state index in [2.05, 4.69) is 26.8 Å². The molecule has 1 saturated heterocycles. The van der Waals surface area contributed by atoms with Gasteiger partial charge in [0.2, 0.25) is 0 Å². The summed E-state index contributed by atoms with van der Waals surface area (Å²) in [6.45, 7) is 3.54. The predicted molar refractivity (Wildman–Crippen MR) is 84.1 cm³/mol. The first-order chi connectivity index (χ1) is 10.6. The molecule has 0 atom stereocenters. The van der Waals surface area contributed by atoms with Gasteiger partial charge >= 0.3 is 5.97 Å². The standard InChI is InChI=1S/C16H18N4O2/c1-19-7-9-20(10-8-19)14-11-13(16(21)22)17-15(18-14)12-5-3-2-4-6-12/h2-6,11H,7-10H2,1H3,(H,21,22). The van der Waals surface area contributed by atoms with Crippen LogP contribution in [0.2, 0.25) is 0 Å². The number of aromatic nitrogens is 2. The van der Waals surface area contributed by atoms with Gasteiger partial charge in [0.05, 0.1) is 0 Å². The summed E-state index contributed by atoms with van der Waals surface area (Å²) in [6, 6.07) is 11.0. The van der Waals surface area contributed by atoms with E-state index < -0.39 is 5.97 Å². The summed E-state index contributed by atoms with van der Waals surface area (Å²) in [5.41, 5.74) is 0.851. The van der Waals surface area contributed by atoms with E-state index in [4.69, 9.17) is 0 Å². The molecule has 0 aliphatic carbocycles. The average Bonchev–Trinajstić information content (AvgIpc) is 2.56. The molecule has 1 aromatic heterocycles. The predicted octanol–water partition coefficient (Wildman–Crippen LogP) is 1.59. The van der Waals surface area contributed by atoms with Gasteiger partial charge in [0.1, 0.15) is 5.82 Å². The topological polar surface area (TPSA) is 69.6 Å². The molecule has 2 aromatic rings. The van der Waals surface area contributed by atoms with Crippen molar-refractivity contribution in [3.63, 3.8) is 0 Å². The smallest absolute Gasteiger partial charge is 0.354 e. The van der Waals surface area contributed by atoms with Gasteiger partial charge in [0, 0.05) is 37.8 Å². The molecule has 0 saturated carbocycles. The van der Waals surface area contributed by atoms with E-state index >= 15 is 0 Å². The first kappa shape index (κ1) is 14.5. The number of hydrogen-bond donors (Lipinski definition) is 1. The van der Waals surface area contributed by atoms with Gasteiger partial charge in [-0.3, -0.25) is 0 Å². The highest BCUT2D eigenvalue weighted by atomic mass is 16.4. The molecule has 3 rings (SSSR count). The molecule has 0 amide bonds. The molecular weight excluding hydrogens is 280 g/mol. The third-order valence-corrected chi connectivity index (χ3v) is 3.79. The molecule has 114 valence electrons. The molecule has 1 fully saturated rings. The van der Waals surface area contributed by atoms with Gasteiger partial charge in [-0.25, -0.2) is 14.8 Å². The summed E-state index contributed by atoms with van der Waals surface area (Å²) < 4.78 is 0. The molecule has 0 bridgehead atoms. The van der Waals surface area contributed by atoms with Crippen LogP contribution in [-0.2, 0) is 0 Å². The minimum atomic E-state index is -1.03.